The van der Waals surface area contributed by atoms with Crippen LogP contribution < -0.4 is 24.8 Å². The average molecular weight is 340 g/mol. The van der Waals surface area contributed by atoms with Crippen LogP contribution in [-0.2, 0) is 4.74 Å². The van der Waals surface area contributed by atoms with Crippen molar-refractivity contribution in [1.29, 1.82) is 0 Å². The van der Waals surface area contributed by atoms with Gasteiger partial charge >= 0.3 is 0 Å². The summed E-state index contributed by atoms with van der Waals surface area (Å²) in [6.07, 6.45) is 0.196. The number of halogens is 3. The maximum absolute atomic E-state index is 9.05. The van der Waals surface area contributed by atoms with Crippen molar-refractivity contribution in [3.63, 3.8) is 0 Å². The van der Waals surface area contributed by atoms with E-state index in [2.05, 4.69) is 21.1 Å². The van der Waals surface area contributed by atoms with Gasteiger partial charge in [-0.25, -0.2) is 0 Å². The lowest BCUT2D eigenvalue weighted by Crippen LogP contribution is -3.00. The number of likely N-dealkylation sites (N-methyl/N-ethyl adjacent to an activating group) is 2. The molecule has 0 aromatic carbocycles. The first-order valence-corrected chi connectivity index (χ1v) is 6.53. The zero-order valence-corrected chi connectivity index (χ0v) is 15.1. The van der Waals surface area contributed by atoms with Crippen molar-refractivity contribution in [3.8, 4) is 0 Å². The molecular weight excluding hydrogens is 311 g/mol. The normalized spacial score (nSPS) is 19.3. The number of rotatable bonds is 5. The number of ether oxygens (including phenoxy) is 1. The molecule has 0 aromatic heterocycles. The maximum Gasteiger partial charge on any atom is 0.130 e. The van der Waals surface area contributed by atoms with E-state index in [-0.39, 0.29) is 30.9 Å². The molecule has 4 nitrogen and oxygen atoms in total. The second-order valence-corrected chi connectivity index (χ2v) is 7.02. The molecule has 0 spiro atoms. The Morgan fingerprint density at radius 3 is 1.63 bits per heavy atom. The molecule has 1 aliphatic rings. The molecule has 1 heterocycles. The molecule has 0 amide bonds. The zero-order valence-electron chi connectivity index (χ0n) is 12.9. The van der Waals surface area contributed by atoms with E-state index >= 15 is 0 Å². The third-order valence-corrected chi connectivity index (χ3v) is 2.45. The molecule has 0 aliphatic carbocycles. The fraction of sp³-hybridized carbons (Fsp3) is 1.00. The number of epoxide rings is 1. The number of aliphatic hydroxyl groups excluding tert-OH is 1. The SMILES string of the molecule is C[N+](C)(C)CC(O)CCl.C[N+](C)(C)CC1CO1.[Cl-].[Cl-]. The van der Waals surface area contributed by atoms with E-state index in [1.54, 1.807) is 0 Å². The van der Waals surface area contributed by atoms with E-state index in [0.29, 0.717) is 18.5 Å². The first-order chi connectivity index (χ1) is 7.53. The first kappa shape index (κ1) is 24.7. The lowest BCUT2D eigenvalue weighted by atomic mass is 10.3. The van der Waals surface area contributed by atoms with Gasteiger partial charge in [0.15, 0.2) is 0 Å². The van der Waals surface area contributed by atoms with E-state index in [0.717, 1.165) is 22.1 Å². The van der Waals surface area contributed by atoms with Crippen molar-refractivity contribution in [2.45, 2.75) is 12.2 Å². The Morgan fingerprint density at radius 2 is 1.53 bits per heavy atom. The summed E-state index contributed by atoms with van der Waals surface area (Å²) in [5.41, 5.74) is 0. The molecule has 1 fully saturated rings. The Balaban J connectivity index is -0.000000244. The predicted octanol–water partition coefficient (Wildman–Crippen LogP) is -5.61. The maximum atomic E-state index is 9.05. The summed E-state index contributed by atoms with van der Waals surface area (Å²) in [4.78, 5) is 0. The number of alkyl halides is 1. The Bertz CT molecular complexity index is 214. The quantitative estimate of drug-likeness (QED) is 0.308. The Morgan fingerprint density at radius 1 is 1.11 bits per heavy atom. The highest BCUT2D eigenvalue weighted by Gasteiger charge is 2.28. The van der Waals surface area contributed by atoms with Crippen LogP contribution in [0.25, 0.3) is 0 Å². The molecule has 1 aliphatic heterocycles. The molecule has 2 unspecified atom stereocenters. The van der Waals surface area contributed by atoms with Gasteiger partial charge in [0.25, 0.3) is 0 Å². The first-order valence-electron chi connectivity index (χ1n) is 6.00. The molecule has 1 N–H and O–H groups in total. The van der Waals surface area contributed by atoms with E-state index in [4.69, 9.17) is 21.4 Å². The minimum atomic E-state index is -0.369. The molecule has 120 valence electrons. The van der Waals surface area contributed by atoms with Gasteiger partial charge in [-0.2, -0.15) is 0 Å². The third-order valence-electron chi connectivity index (χ3n) is 2.09. The van der Waals surface area contributed by atoms with Crippen LogP contribution in [0.1, 0.15) is 0 Å². The lowest BCUT2D eigenvalue weighted by molar-refractivity contribution is -0.873. The van der Waals surface area contributed by atoms with E-state index in [1.165, 1.54) is 0 Å². The predicted molar refractivity (Wildman–Crippen MR) is 72.3 cm³/mol. The van der Waals surface area contributed by atoms with Gasteiger partial charge in [0.2, 0.25) is 0 Å². The average Bonchev–Trinajstić information content (AvgIpc) is 2.83. The van der Waals surface area contributed by atoms with Gasteiger partial charge in [-0.05, 0) is 0 Å². The fourth-order valence-electron chi connectivity index (χ4n) is 1.47. The molecular formula is C12H29Cl3N2O2. The van der Waals surface area contributed by atoms with Gasteiger partial charge in [-0.1, -0.05) is 0 Å². The lowest BCUT2D eigenvalue weighted by Gasteiger charge is -2.25. The van der Waals surface area contributed by atoms with Crippen LogP contribution in [0.5, 0.6) is 0 Å². The van der Waals surface area contributed by atoms with E-state index < -0.39 is 0 Å². The molecule has 19 heavy (non-hydrogen) atoms. The van der Waals surface area contributed by atoms with Crippen molar-refractivity contribution in [1.82, 2.24) is 0 Å². The van der Waals surface area contributed by atoms with Crippen LogP contribution in [0.4, 0.5) is 0 Å². The Labute approximate surface area is 135 Å². The summed E-state index contributed by atoms with van der Waals surface area (Å²) in [5.74, 6) is 0.329. The van der Waals surface area contributed by atoms with Crippen LogP contribution in [-0.4, -0.2) is 94.1 Å². The van der Waals surface area contributed by atoms with Crippen LogP contribution in [0.2, 0.25) is 0 Å². The topological polar surface area (TPSA) is 32.8 Å². The summed E-state index contributed by atoms with van der Waals surface area (Å²) in [6.45, 7) is 2.85. The second kappa shape index (κ2) is 10.4. The highest BCUT2D eigenvalue weighted by molar-refractivity contribution is 6.18. The summed E-state index contributed by atoms with van der Waals surface area (Å²) in [5, 5.41) is 9.05. The van der Waals surface area contributed by atoms with E-state index in [1.807, 2.05) is 21.1 Å². The molecule has 0 radical (unpaired) electrons. The van der Waals surface area contributed by atoms with Gasteiger partial charge in [0.1, 0.15) is 25.3 Å². The van der Waals surface area contributed by atoms with Gasteiger partial charge in [0.05, 0.1) is 54.8 Å². The van der Waals surface area contributed by atoms with Crippen molar-refractivity contribution in [2.75, 3.05) is 67.9 Å². The minimum Gasteiger partial charge on any atom is -1.00 e. The van der Waals surface area contributed by atoms with Gasteiger partial charge < -0.3 is 43.6 Å². The van der Waals surface area contributed by atoms with Crippen molar-refractivity contribution >= 4 is 11.6 Å². The number of hydrogen-bond donors (Lipinski definition) is 1. The van der Waals surface area contributed by atoms with Crippen LogP contribution in [0.15, 0.2) is 0 Å². The van der Waals surface area contributed by atoms with Crippen molar-refractivity contribution in [2.24, 2.45) is 0 Å². The highest BCUT2D eigenvalue weighted by Crippen LogP contribution is 2.11. The summed E-state index contributed by atoms with van der Waals surface area (Å²) < 4.78 is 6.85. The number of nitrogens with zero attached hydrogens (tertiary/aromatic N) is 2. The van der Waals surface area contributed by atoms with Crippen LogP contribution in [0.3, 0.4) is 0 Å². The molecule has 1 saturated heterocycles. The van der Waals surface area contributed by atoms with Crippen LogP contribution >= 0.6 is 11.6 Å². The van der Waals surface area contributed by atoms with Gasteiger partial charge in [-0.3, -0.25) is 0 Å². The largest absolute Gasteiger partial charge is 1.00 e. The molecule has 7 heteroatoms. The third kappa shape index (κ3) is 21.2. The molecule has 0 bridgehead atoms. The second-order valence-electron chi connectivity index (χ2n) is 6.71. The molecule has 1 rings (SSSR count). The number of quaternary nitrogens is 2. The van der Waals surface area contributed by atoms with Gasteiger partial charge in [-0.15, -0.1) is 11.6 Å². The smallest absolute Gasteiger partial charge is 0.130 e. The summed E-state index contributed by atoms with van der Waals surface area (Å²) >= 11 is 5.40. The van der Waals surface area contributed by atoms with E-state index in [9.17, 15) is 0 Å². The summed E-state index contributed by atoms with van der Waals surface area (Å²) in [7, 11) is 12.6. The summed E-state index contributed by atoms with van der Waals surface area (Å²) in [6, 6.07) is 0. The number of hydrogen-bond acceptors (Lipinski definition) is 2. The van der Waals surface area contributed by atoms with Crippen LogP contribution in [0, 0.1) is 0 Å². The molecule has 0 saturated carbocycles. The fourth-order valence-corrected chi connectivity index (χ4v) is 1.56. The van der Waals surface area contributed by atoms with Crippen molar-refractivity contribution < 1.29 is 43.6 Å². The standard InChI is InChI=1S/C6H15ClNO.C6H14NO.2ClH/c1-8(2,3)5-6(9)4-7;1-7(2,3)4-6-5-8-6;;/h6,9H,4-5H2,1-3H3;6H,4-5H2,1-3H3;2*1H/q2*+1;;/p-2. The molecule has 0 aromatic rings. The monoisotopic (exact) mass is 338 g/mol. The minimum absolute atomic E-state index is 0. The van der Waals surface area contributed by atoms with Crippen molar-refractivity contribution in [3.05, 3.63) is 0 Å². The molecule has 2 atom stereocenters. The van der Waals surface area contributed by atoms with Gasteiger partial charge in [0, 0.05) is 0 Å². The Hall–Kier alpha value is 0.710. The Kier molecular flexibility index (Phi) is 13.6. The number of aliphatic hydroxyl groups is 1. The highest BCUT2D eigenvalue weighted by atomic mass is 35.5. The zero-order chi connectivity index (χ0) is 13.7.